The summed E-state index contributed by atoms with van der Waals surface area (Å²) in [6.07, 6.45) is 0. The Morgan fingerprint density at radius 1 is 1.08 bits per heavy atom. The lowest BCUT2D eigenvalue weighted by Crippen LogP contribution is -2.33. The lowest BCUT2D eigenvalue weighted by atomic mass is 9.85. The summed E-state index contributed by atoms with van der Waals surface area (Å²) in [5.41, 5.74) is 3.49. The predicted molar refractivity (Wildman–Crippen MR) is 102 cm³/mol. The van der Waals surface area contributed by atoms with E-state index in [9.17, 15) is 9.59 Å². The summed E-state index contributed by atoms with van der Waals surface area (Å²) in [7, 11) is 5.71. The number of hydrogen-bond acceptors (Lipinski definition) is 3. The van der Waals surface area contributed by atoms with Gasteiger partial charge in [-0.05, 0) is 61.9 Å². The van der Waals surface area contributed by atoms with Crippen LogP contribution in [0.3, 0.4) is 0 Å². The lowest BCUT2D eigenvalue weighted by molar-refractivity contribution is -0.121. The van der Waals surface area contributed by atoms with E-state index in [-0.39, 0.29) is 11.8 Å². The van der Waals surface area contributed by atoms with Crippen molar-refractivity contribution in [1.29, 1.82) is 0 Å². The van der Waals surface area contributed by atoms with Crippen LogP contribution in [0.4, 0.5) is 17.1 Å². The number of nitrogens with zero attached hydrogens (tertiary/aromatic N) is 2. The number of carbonyl (C=O) groups is 2. The number of benzene rings is 2. The molecule has 0 saturated heterocycles. The molecular formula is C20H23N3O2. The molecule has 2 amide bonds. The second-order valence-corrected chi connectivity index (χ2v) is 7.12. The number of anilines is 3. The molecule has 2 aromatic carbocycles. The van der Waals surface area contributed by atoms with Crippen LogP contribution in [0.5, 0.6) is 0 Å². The molecule has 25 heavy (non-hydrogen) atoms. The number of carbonyl (C=O) groups excluding carboxylic acids is 2. The smallest absolute Gasteiger partial charge is 0.255 e. The number of amides is 2. The average Bonchev–Trinajstić information content (AvgIpc) is 2.76. The van der Waals surface area contributed by atoms with Crippen LogP contribution in [0.1, 0.15) is 29.8 Å². The van der Waals surface area contributed by atoms with Crippen molar-refractivity contribution >= 4 is 28.9 Å². The van der Waals surface area contributed by atoms with Gasteiger partial charge in [0.05, 0.1) is 5.41 Å². The zero-order valence-corrected chi connectivity index (χ0v) is 15.3. The fourth-order valence-electron chi connectivity index (χ4n) is 3.16. The van der Waals surface area contributed by atoms with Crippen LogP contribution in [0.15, 0.2) is 42.5 Å². The molecule has 3 rings (SSSR count). The highest BCUT2D eigenvalue weighted by molar-refractivity contribution is 6.10. The molecule has 5 heteroatoms. The summed E-state index contributed by atoms with van der Waals surface area (Å²) in [6, 6.07) is 13.1. The summed E-state index contributed by atoms with van der Waals surface area (Å²) >= 11 is 0. The Kier molecular flexibility index (Phi) is 4.03. The third-order valence-electron chi connectivity index (χ3n) is 4.77. The zero-order valence-electron chi connectivity index (χ0n) is 15.3. The third-order valence-corrected chi connectivity index (χ3v) is 4.77. The second-order valence-electron chi connectivity index (χ2n) is 7.12. The van der Waals surface area contributed by atoms with Crippen molar-refractivity contribution in [3.8, 4) is 0 Å². The molecule has 0 bridgehead atoms. The molecule has 0 spiro atoms. The molecule has 1 aliphatic heterocycles. The van der Waals surface area contributed by atoms with Crippen LogP contribution < -0.4 is 15.1 Å². The normalized spacial score (nSPS) is 15.1. The molecule has 2 aromatic rings. The first-order valence-electron chi connectivity index (χ1n) is 8.23. The van der Waals surface area contributed by atoms with Gasteiger partial charge in [0.1, 0.15) is 0 Å². The van der Waals surface area contributed by atoms with Crippen molar-refractivity contribution < 1.29 is 9.59 Å². The zero-order chi connectivity index (χ0) is 18.4. The molecular weight excluding hydrogens is 314 g/mol. The molecule has 1 aliphatic rings. The largest absolute Gasteiger partial charge is 0.378 e. The molecule has 0 atom stereocenters. The Morgan fingerprint density at radius 3 is 2.32 bits per heavy atom. The summed E-state index contributed by atoms with van der Waals surface area (Å²) < 4.78 is 0. The highest BCUT2D eigenvalue weighted by Crippen LogP contribution is 2.41. The standard InChI is InChI=1S/C20H23N3O2/c1-20(2)16-12-13(6-11-17(16)23(5)19(20)25)18(24)21-14-7-9-15(10-8-14)22(3)4/h6-12H,1-5H3,(H,21,24). The van der Waals surface area contributed by atoms with Crippen molar-refractivity contribution in [3.63, 3.8) is 0 Å². The highest BCUT2D eigenvalue weighted by atomic mass is 16.2. The Balaban J connectivity index is 1.85. The van der Waals surface area contributed by atoms with Crippen LogP contribution in [0.2, 0.25) is 0 Å². The summed E-state index contributed by atoms with van der Waals surface area (Å²) in [4.78, 5) is 28.6. The van der Waals surface area contributed by atoms with E-state index in [2.05, 4.69) is 5.32 Å². The van der Waals surface area contributed by atoms with Crippen LogP contribution in [0, 0.1) is 0 Å². The number of nitrogens with one attached hydrogen (secondary N) is 1. The first kappa shape index (κ1) is 17.0. The fraction of sp³-hybridized carbons (Fsp3) is 0.300. The highest BCUT2D eigenvalue weighted by Gasteiger charge is 2.42. The molecule has 0 fully saturated rings. The first-order valence-corrected chi connectivity index (χ1v) is 8.23. The van der Waals surface area contributed by atoms with Gasteiger partial charge >= 0.3 is 0 Å². The molecule has 1 N–H and O–H groups in total. The van der Waals surface area contributed by atoms with E-state index in [0.717, 1.165) is 22.6 Å². The van der Waals surface area contributed by atoms with E-state index in [4.69, 9.17) is 0 Å². The Hall–Kier alpha value is -2.82. The van der Waals surface area contributed by atoms with Crippen molar-refractivity contribution in [2.45, 2.75) is 19.3 Å². The van der Waals surface area contributed by atoms with Gasteiger partial charge in [0.25, 0.3) is 5.91 Å². The van der Waals surface area contributed by atoms with Gasteiger partial charge in [0.15, 0.2) is 0 Å². The predicted octanol–water partition coefficient (Wildman–Crippen LogP) is 3.26. The first-order chi connectivity index (χ1) is 11.7. The lowest BCUT2D eigenvalue weighted by Gasteiger charge is -2.16. The van der Waals surface area contributed by atoms with Gasteiger partial charge < -0.3 is 15.1 Å². The van der Waals surface area contributed by atoms with Gasteiger partial charge in [-0.2, -0.15) is 0 Å². The van der Waals surface area contributed by atoms with Gasteiger partial charge in [-0.1, -0.05) is 0 Å². The Labute approximate surface area is 148 Å². The van der Waals surface area contributed by atoms with Gasteiger partial charge in [-0.3, -0.25) is 9.59 Å². The SMILES string of the molecule is CN(C)c1ccc(NC(=O)c2ccc3c(c2)C(C)(C)C(=O)N3C)cc1. The van der Waals surface area contributed by atoms with E-state index >= 15 is 0 Å². The minimum absolute atomic E-state index is 0.0410. The molecule has 0 aromatic heterocycles. The van der Waals surface area contributed by atoms with Crippen molar-refractivity contribution in [2.24, 2.45) is 0 Å². The molecule has 0 unspecified atom stereocenters. The maximum atomic E-state index is 12.6. The maximum absolute atomic E-state index is 12.6. The quantitative estimate of drug-likeness (QED) is 0.935. The van der Waals surface area contributed by atoms with E-state index in [0.29, 0.717) is 5.56 Å². The Morgan fingerprint density at radius 2 is 1.72 bits per heavy atom. The van der Waals surface area contributed by atoms with Crippen LogP contribution in [0.25, 0.3) is 0 Å². The topological polar surface area (TPSA) is 52.7 Å². The van der Waals surface area contributed by atoms with E-state index in [1.807, 2.05) is 69.2 Å². The van der Waals surface area contributed by atoms with Crippen LogP contribution >= 0.6 is 0 Å². The molecule has 5 nitrogen and oxygen atoms in total. The Bertz CT molecular complexity index is 839. The minimum Gasteiger partial charge on any atom is -0.378 e. The van der Waals surface area contributed by atoms with Gasteiger partial charge in [0.2, 0.25) is 5.91 Å². The minimum atomic E-state index is -0.617. The summed E-state index contributed by atoms with van der Waals surface area (Å²) in [5, 5.41) is 2.91. The second kappa shape index (κ2) is 5.92. The summed E-state index contributed by atoms with van der Waals surface area (Å²) in [6.45, 7) is 3.78. The van der Waals surface area contributed by atoms with Crippen LogP contribution in [-0.2, 0) is 10.2 Å². The number of likely N-dealkylation sites (N-methyl/N-ethyl adjacent to an activating group) is 1. The molecule has 0 aliphatic carbocycles. The summed E-state index contributed by atoms with van der Waals surface area (Å²) in [5.74, 6) is -0.141. The van der Waals surface area contributed by atoms with E-state index in [1.165, 1.54) is 0 Å². The van der Waals surface area contributed by atoms with Gasteiger partial charge in [0, 0.05) is 43.8 Å². The number of rotatable bonds is 3. The number of hydrogen-bond donors (Lipinski definition) is 1. The molecule has 130 valence electrons. The van der Waals surface area contributed by atoms with E-state index < -0.39 is 5.41 Å². The number of fused-ring (bicyclic) bond motifs is 1. The van der Waals surface area contributed by atoms with Gasteiger partial charge in [-0.25, -0.2) is 0 Å². The van der Waals surface area contributed by atoms with E-state index in [1.54, 1.807) is 18.0 Å². The molecule has 1 heterocycles. The van der Waals surface area contributed by atoms with Crippen molar-refractivity contribution in [3.05, 3.63) is 53.6 Å². The molecule has 0 radical (unpaired) electrons. The third kappa shape index (κ3) is 2.86. The van der Waals surface area contributed by atoms with Crippen LogP contribution in [-0.4, -0.2) is 33.0 Å². The monoisotopic (exact) mass is 337 g/mol. The van der Waals surface area contributed by atoms with Crippen molar-refractivity contribution in [2.75, 3.05) is 36.3 Å². The van der Waals surface area contributed by atoms with Crippen molar-refractivity contribution in [1.82, 2.24) is 0 Å². The average molecular weight is 337 g/mol. The fourth-order valence-corrected chi connectivity index (χ4v) is 3.16. The van der Waals surface area contributed by atoms with Gasteiger partial charge in [-0.15, -0.1) is 0 Å². The maximum Gasteiger partial charge on any atom is 0.255 e. The molecule has 0 saturated carbocycles.